The summed E-state index contributed by atoms with van der Waals surface area (Å²) in [6.45, 7) is 2.23. The van der Waals surface area contributed by atoms with Crippen LogP contribution in [0.15, 0.2) is 55.1 Å². The van der Waals surface area contributed by atoms with Gasteiger partial charge in [-0.05, 0) is 37.1 Å². The smallest absolute Gasteiger partial charge is 0.150 e. The zero-order valence-electron chi connectivity index (χ0n) is 13.3. The first-order chi connectivity index (χ1) is 11.9. The van der Waals surface area contributed by atoms with Crippen LogP contribution < -0.4 is 10.2 Å². The van der Waals surface area contributed by atoms with Crippen LogP contribution >= 0.6 is 0 Å². The van der Waals surface area contributed by atoms with Gasteiger partial charge < -0.3 is 10.2 Å². The fourth-order valence-corrected chi connectivity index (χ4v) is 2.82. The Hall–Kier alpha value is -3.02. The van der Waals surface area contributed by atoms with Gasteiger partial charge in [0.15, 0.2) is 5.82 Å². The number of anilines is 3. The molecule has 0 atom stereocenters. The second-order valence-corrected chi connectivity index (χ2v) is 5.73. The molecule has 0 amide bonds. The van der Waals surface area contributed by atoms with Crippen LogP contribution in [0, 0.1) is 0 Å². The van der Waals surface area contributed by atoms with E-state index in [1.54, 1.807) is 18.6 Å². The Morgan fingerprint density at radius 1 is 0.833 bits per heavy atom. The van der Waals surface area contributed by atoms with Gasteiger partial charge in [0.05, 0.1) is 30.0 Å². The number of nitrogens with one attached hydrogen (secondary N) is 1. The van der Waals surface area contributed by atoms with Gasteiger partial charge in [-0.15, -0.1) is 0 Å². The lowest BCUT2D eigenvalue weighted by Gasteiger charge is -2.17. The summed E-state index contributed by atoms with van der Waals surface area (Å²) in [4.78, 5) is 19.9. The minimum Gasteiger partial charge on any atom is -0.370 e. The van der Waals surface area contributed by atoms with Crippen molar-refractivity contribution in [3.8, 4) is 11.4 Å². The molecular formula is C18H18N6. The molecular weight excluding hydrogens is 300 g/mol. The molecule has 1 saturated heterocycles. The highest BCUT2D eigenvalue weighted by Gasteiger charge is 2.12. The summed E-state index contributed by atoms with van der Waals surface area (Å²) in [5, 5.41) is 3.20. The minimum atomic E-state index is 0.652. The van der Waals surface area contributed by atoms with E-state index in [0.717, 1.165) is 30.3 Å². The molecule has 1 fully saturated rings. The van der Waals surface area contributed by atoms with Gasteiger partial charge in [0.25, 0.3) is 0 Å². The lowest BCUT2D eigenvalue weighted by atomic mass is 10.3. The number of rotatable bonds is 4. The number of hydrogen-bond acceptors (Lipinski definition) is 6. The van der Waals surface area contributed by atoms with Crippen LogP contribution in [0.3, 0.4) is 0 Å². The maximum atomic E-state index is 4.55. The molecule has 6 nitrogen and oxygen atoms in total. The topological polar surface area (TPSA) is 66.8 Å². The van der Waals surface area contributed by atoms with Crippen molar-refractivity contribution in [3.63, 3.8) is 0 Å². The van der Waals surface area contributed by atoms with Crippen LogP contribution in [0.4, 0.5) is 17.3 Å². The highest BCUT2D eigenvalue weighted by Crippen LogP contribution is 2.22. The molecule has 4 rings (SSSR count). The van der Waals surface area contributed by atoms with Crippen LogP contribution in [0.5, 0.6) is 0 Å². The van der Waals surface area contributed by atoms with Gasteiger partial charge in [0.2, 0.25) is 0 Å². The third kappa shape index (κ3) is 3.17. The summed E-state index contributed by atoms with van der Waals surface area (Å²) < 4.78 is 0. The van der Waals surface area contributed by atoms with Gasteiger partial charge in [0, 0.05) is 19.3 Å². The molecule has 3 aromatic rings. The predicted octanol–water partition coefficient (Wildman–Crippen LogP) is 3.28. The van der Waals surface area contributed by atoms with Crippen molar-refractivity contribution in [2.45, 2.75) is 12.8 Å². The molecule has 0 aliphatic carbocycles. The number of pyridine rings is 2. The van der Waals surface area contributed by atoms with Gasteiger partial charge in [0.1, 0.15) is 11.5 Å². The molecule has 1 aliphatic rings. The molecule has 6 heteroatoms. The van der Waals surface area contributed by atoms with Gasteiger partial charge in [-0.25, -0.2) is 9.97 Å². The highest BCUT2D eigenvalue weighted by molar-refractivity contribution is 5.59. The Bertz CT molecular complexity index is 797. The summed E-state index contributed by atoms with van der Waals surface area (Å²) in [7, 11) is 0. The van der Waals surface area contributed by atoms with E-state index >= 15 is 0 Å². The Kier molecular flexibility index (Phi) is 4.02. The normalized spacial score (nSPS) is 13.9. The summed E-state index contributed by atoms with van der Waals surface area (Å²) in [6, 6.07) is 9.80. The Morgan fingerprint density at radius 3 is 2.50 bits per heavy atom. The van der Waals surface area contributed by atoms with Crippen LogP contribution in [0.25, 0.3) is 11.4 Å². The van der Waals surface area contributed by atoms with Crippen molar-refractivity contribution in [3.05, 3.63) is 55.1 Å². The number of aromatic nitrogens is 4. The first-order valence-electron chi connectivity index (χ1n) is 8.10. The maximum absolute atomic E-state index is 4.55. The minimum absolute atomic E-state index is 0.652. The molecule has 120 valence electrons. The molecule has 0 aromatic carbocycles. The molecule has 0 saturated carbocycles. The molecule has 3 aromatic heterocycles. The van der Waals surface area contributed by atoms with Gasteiger partial charge in [-0.1, -0.05) is 6.07 Å². The number of nitrogens with zero attached hydrogens (tertiary/aromatic N) is 5. The summed E-state index contributed by atoms with van der Waals surface area (Å²) >= 11 is 0. The molecule has 0 radical (unpaired) electrons. The van der Waals surface area contributed by atoms with E-state index in [0.29, 0.717) is 5.82 Å². The van der Waals surface area contributed by atoms with Crippen molar-refractivity contribution in [1.82, 2.24) is 19.9 Å². The lowest BCUT2D eigenvalue weighted by molar-refractivity contribution is 0.949. The van der Waals surface area contributed by atoms with Crippen molar-refractivity contribution < 1.29 is 0 Å². The predicted molar refractivity (Wildman–Crippen MR) is 94.2 cm³/mol. The standard InChI is InChI=1S/C18H18N6/c1-2-8-20-15(5-1)16-12-19-13-18(22-16)23-17-7-6-14(11-21-17)24-9-3-4-10-24/h1-2,5-8,11-13H,3-4,9-10H2,(H,21,22,23). The number of hydrogen-bond donors (Lipinski definition) is 1. The zero-order chi connectivity index (χ0) is 16.2. The first kappa shape index (κ1) is 14.6. The Balaban J connectivity index is 1.51. The monoisotopic (exact) mass is 318 g/mol. The Morgan fingerprint density at radius 2 is 1.75 bits per heavy atom. The third-order valence-electron chi connectivity index (χ3n) is 4.04. The second-order valence-electron chi connectivity index (χ2n) is 5.73. The molecule has 24 heavy (non-hydrogen) atoms. The maximum Gasteiger partial charge on any atom is 0.150 e. The van der Waals surface area contributed by atoms with E-state index in [2.05, 4.69) is 36.2 Å². The first-order valence-corrected chi connectivity index (χ1v) is 8.10. The van der Waals surface area contributed by atoms with Crippen LogP contribution in [-0.4, -0.2) is 33.0 Å². The molecule has 0 spiro atoms. The van der Waals surface area contributed by atoms with Crippen molar-refractivity contribution >= 4 is 17.3 Å². The quantitative estimate of drug-likeness (QED) is 0.796. The lowest BCUT2D eigenvalue weighted by Crippen LogP contribution is -2.17. The average Bonchev–Trinajstić information content (AvgIpc) is 3.18. The van der Waals surface area contributed by atoms with E-state index in [-0.39, 0.29) is 0 Å². The molecule has 0 bridgehead atoms. The van der Waals surface area contributed by atoms with Gasteiger partial charge >= 0.3 is 0 Å². The molecule has 1 aliphatic heterocycles. The summed E-state index contributed by atoms with van der Waals surface area (Å²) in [5.74, 6) is 1.41. The molecule has 4 heterocycles. The fourth-order valence-electron chi connectivity index (χ4n) is 2.82. The van der Waals surface area contributed by atoms with Crippen LogP contribution in [-0.2, 0) is 0 Å². The van der Waals surface area contributed by atoms with E-state index in [4.69, 9.17) is 0 Å². The van der Waals surface area contributed by atoms with Gasteiger partial charge in [-0.3, -0.25) is 9.97 Å². The second kappa shape index (κ2) is 6.62. The SMILES string of the molecule is c1ccc(-c2cncc(Nc3ccc(N4CCCC4)cn3)n2)nc1. The summed E-state index contributed by atoms with van der Waals surface area (Å²) in [6.07, 6.45) is 9.56. The fraction of sp³-hybridized carbons (Fsp3) is 0.222. The van der Waals surface area contributed by atoms with Crippen molar-refractivity contribution in [1.29, 1.82) is 0 Å². The highest BCUT2D eigenvalue weighted by atomic mass is 15.2. The van der Waals surface area contributed by atoms with E-state index in [1.807, 2.05) is 30.5 Å². The van der Waals surface area contributed by atoms with Crippen molar-refractivity contribution in [2.75, 3.05) is 23.3 Å². The Labute approximate surface area is 140 Å². The van der Waals surface area contributed by atoms with Crippen LogP contribution in [0.2, 0.25) is 0 Å². The molecule has 0 unspecified atom stereocenters. The molecule has 1 N–H and O–H groups in total. The van der Waals surface area contributed by atoms with Crippen molar-refractivity contribution in [2.24, 2.45) is 0 Å². The van der Waals surface area contributed by atoms with E-state index < -0.39 is 0 Å². The van der Waals surface area contributed by atoms with E-state index in [1.165, 1.54) is 18.5 Å². The zero-order valence-corrected chi connectivity index (χ0v) is 13.3. The largest absolute Gasteiger partial charge is 0.370 e. The van der Waals surface area contributed by atoms with Gasteiger partial charge in [-0.2, -0.15) is 0 Å². The third-order valence-corrected chi connectivity index (χ3v) is 4.04. The van der Waals surface area contributed by atoms with Crippen LogP contribution in [0.1, 0.15) is 12.8 Å². The average molecular weight is 318 g/mol. The van der Waals surface area contributed by atoms with E-state index in [9.17, 15) is 0 Å². The summed E-state index contributed by atoms with van der Waals surface area (Å²) in [5.41, 5.74) is 2.70.